The van der Waals surface area contributed by atoms with E-state index >= 15 is 0 Å². The summed E-state index contributed by atoms with van der Waals surface area (Å²) in [6, 6.07) is 0.603. The lowest BCUT2D eigenvalue weighted by Crippen LogP contribution is -2.45. The molecule has 1 aliphatic heterocycles. The summed E-state index contributed by atoms with van der Waals surface area (Å²) in [4.78, 5) is 13.8. The van der Waals surface area contributed by atoms with E-state index in [-0.39, 0.29) is 5.91 Å². The van der Waals surface area contributed by atoms with E-state index in [0.29, 0.717) is 25.7 Å². The Labute approximate surface area is 105 Å². The molecular weight excluding hydrogens is 216 g/mol. The van der Waals surface area contributed by atoms with Gasteiger partial charge in [-0.2, -0.15) is 0 Å². The molecule has 0 aliphatic carbocycles. The third-order valence-corrected chi connectivity index (χ3v) is 3.20. The first kappa shape index (κ1) is 14.5. The van der Waals surface area contributed by atoms with Gasteiger partial charge in [-0.3, -0.25) is 4.79 Å². The molecule has 0 atom stereocenters. The molecule has 4 heteroatoms. The quantitative estimate of drug-likeness (QED) is 0.686. The highest BCUT2D eigenvalue weighted by Crippen LogP contribution is 2.11. The van der Waals surface area contributed by atoms with Crippen LogP contribution in [0.1, 0.15) is 39.5 Å². The average molecular weight is 242 g/mol. The first-order valence-corrected chi connectivity index (χ1v) is 6.86. The van der Waals surface area contributed by atoms with E-state index in [4.69, 9.17) is 4.74 Å². The summed E-state index contributed by atoms with van der Waals surface area (Å²) in [5.74, 6) is 0.243. The fraction of sp³-hybridized carbons (Fsp3) is 0.923. The number of piperidine rings is 1. The molecule has 0 aromatic heterocycles. The minimum Gasteiger partial charge on any atom is -0.381 e. The predicted molar refractivity (Wildman–Crippen MR) is 69.0 cm³/mol. The molecule has 0 aromatic carbocycles. The standard InChI is InChI=1S/C13H26N2O2/c1-3-8-14-12-5-9-15(10-6-12)13(16)7-11-17-4-2/h12,14H,3-11H2,1-2H3. The highest BCUT2D eigenvalue weighted by atomic mass is 16.5. The summed E-state index contributed by atoms with van der Waals surface area (Å²) < 4.78 is 5.21. The van der Waals surface area contributed by atoms with Crippen LogP contribution in [-0.4, -0.2) is 49.7 Å². The van der Waals surface area contributed by atoms with E-state index < -0.39 is 0 Å². The van der Waals surface area contributed by atoms with Gasteiger partial charge in [0.2, 0.25) is 5.91 Å². The minimum absolute atomic E-state index is 0.243. The van der Waals surface area contributed by atoms with Gasteiger partial charge < -0.3 is 15.0 Å². The second-order valence-corrected chi connectivity index (χ2v) is 4.56. The van der Waals surface area contributed by atoms with Crippen molar-refractivity contribution < 1.29 is 9.53 Å². The monoisotopic (exact) mass is 242 g/mol. The molecule has 1 amide bonds. The third-order valence-electron chi connectivity index (χ3n) is 3.20. The van der Waals surface area contributed by atoms with Gasteiger partial charge in [0.25, 0.3) is 0 Å². The maximum Gasteiger partial charge on any atom is 0.224 e. The Balaban J connectivity index is 2.15. The van der Waals surface area contributed by atoms with E-state index in [2.05, 4.69) is 12.2 Å². The number of hydrogen-bond donors (Lipinski definition) is 1. The normalized spacial score (nSPS) is 17.4. The smallest absolute Gasteiger partial charge is 0.224 e. The molecule has 1 aliphatic rings. The van der Waals surface area contributed by atoms with Crippen molar-refractivity contribution in [2.45, 2.75) is 45.6 Å². The van der Waals surface area contributed by atoms with E-state index in [1.165, 1.54) is 6.42 Å². The lowest BCUT2D eigenvalue weighted by Gasteiger charge is -2.32. The average Bonchev–Trinajstić information content (AvgIpc) is 2.37. The number of carbonyl (C=O) groups excluding carboxylic acids is 1. The largest absolute Gasteiger partial charge is 0.381 e. The second kappa shape index (κ2) is 8.48. The van der Waals surface area contributed by atoms with Crippen LogP contribution in [0.2, 0.25) is 0 Å². The minimum atomic E-state index is 0.243. The van der Waals surface area contributed by atoms with Crippen molar-refractivity contribution in [3.63, 3.8) is 0 Å². The van der Waals surface area contributed by atoms with Gasteiger partial charge in [-0.25, -0.2) is 0 Å². The lowest BCUT2D eigenvalue weighted by atomic mass is 10.0. The molecule has 0 saturated carbocycles. The molecule has 0 unspecified atom stereocenters. The Morgan fingerprint density at radius 1 is 1.35 bits per heavy atom. The van der Waals surface area contributed by atoms with Crippen LogP contribution in [0, 0.1) is 0 Å². The molecule has 0 aromatic rings. The zero-order chi connectivity index (χ0) is 12.5. The molecule has 1 heterocycles. The molecule has 0 radical (unpaired) electrons. The summed E-state index contributed by atoms with van der Waals surface area (Å²) in [6.45, 7) is 8.26. The van der Waals surface area contributed by atoms with Gasteiger partial charge in [0.1, 0.15) is 0 Å². The summed E-state index contributed by atoms with van der Waals surface area (Å²) in [5.41, 5.74) is 0. The Morgan fingerprint density at radius 2 is 2.06 bits per heavy atom. The molecule has 1 N–H and O–H groups in total. The Kier molecular flexibility index (Phi) is 7.21. The van der Waals surface area contributed by atoms with Crippen molar-refractivity contribution in [1.82, 2.24) is 10.2 Å². The lowest BCUT2D eigenvalue weighted by molar-refractivity contribution is -0.133. The Hall–Kier alpha value is -0.610. The van der Waals surface area contributed by atoms with Gasteiger partial charge >= 0.3 is 0 Å². The SMILES string of the molecule is CCCNC1CCN(C(=O)CCOCC)CC1. The zero-order valence-electron chi connectivity index (χ0n) is 11.2. The molecule has 0 spiro atoms. The van der Waals surface area contributed by atoms with E-state index in [1.807, 2.05) is 11.8 Å². The van der Waals surface area contributed by atoms with Crippen LogP contribution in [0.3, 0.4) is 0 Å². The molecule has 100 valence electrons. The number of ether oxygens (including phenoxy) is 1. The van der Waals surface area contributed by atoms with Gasteiger partial charge in [0, 0.05) is 25.7 Å². The van der Waals surface area contributed by atoms with Crippen LogP contribution in [0.15, 0.2) is 0 Å². The summed E-state index contributed by atoms with van der Waals surface area (Å²) in [7, 11) is 0. The molecule has 4 nitrogen and oxygen atoms in total. The maximum absolute atomic E-state index is 11.8. The van der Waals surface area contributed by atoms with E-state index in [1.54, 1.807) is 0 Å². The molecule has 1 saturated heterocycles. The van der Waals surface area contributed by atoms with Crippen LogP contribution in [0.5, 0.6) is 0 Å². The van der Waals surface area contributed by atoms with Crippen molar-refractivity contribution in [3.05, 3.63) is 0 Å². The number of nitrogens with one attached hydrogen (secondary N) is 1. The molecular formula is C13H26N2O2. The number of rotatable bonds is 7. The molecule has 17 heavy (non-hydrogen) atoms. The third kappa shape index (κ3) is 5.50. The predicted octanol–water partition coefficient (Wildman–Crippen LogP) is 1.40. The van der Waals surface area contributed by atoms with E-state index in [0.717, 1.165) is 32.5 Å². The van der Waals surface area contributed by atoms with Gasteiger partial charge in [-0.15, -0.1) is 0 Å². The fourth-order valence-corrected chi connectivity index (χ4v) is 2.14. The van der Waals surface area contributed by atoms with Crippen LogP contribution in [-0.2, 0) is 9.53 Å². The topological polar surface area (TPSA) is 41.6 Å². The molecule has 0 bridgehead atoms. The van der Waals surface area contributed by atoms with Gasteiger partial charge in [0.05, 0.1) is 13.0 Å². The summed E-state index contributed by atoms with van der Waals surface area (Å²) in [6.07, 6.45) is 3.87. The number of carbonyl (C=O) groups is 1. The van der Waals surface area contributed by atoms with Crippen molar-refractivity contribution in [2.24, 2.45) is 0 Å². The second-order valence-electron chi connectivity index (χ2n) is 4.56. The fourth-order valence-electron chi connectivity index (χ4n) is 2.14. The highest BCUT2D eigenvalue weighted by molar-refractivity contribution is 5.76. The van der Waals surface area contributed by atoms with Crippen LogP contribution >= 0.6 is 0 Å². The number of hydrogen-bond acceptors (Lipinski definition) is 3. The number of nitrogens with zero attached hydrogens (tertiary/aromatic N) is 1. The van der Waals surface area contributed by atoms with Crippen LogP contribution in [0.4, 0.5) is 0 Å². The molecule has 1 fully saturated rings. The highest BCUT2D eigenvalue weighted by Gasteiger charge is 2.21. The Morgan fingerprint density at radius 3 is 2.65 bits per heavy atom. The van der Waals surface area contributed by atoms with Crippen LogP contribution in [0.25, 0.3) is 0 Å². The van der Waals surface area contributed by atoms with Gasteiger partial charge in [0.15, 0.2) is 0 Å². The van der Waals surface area contributed by atoms with Crippen LogP contribution < -0.4 is 5.32 Å². The number of likely N-dealkylation sites (tertiary alicyclic amines) is 1. The maximum atomic E-state index is 11.8. The summed E-state index contributed by atoms with van der Waals surface area (Å²) >= 11 is 0. The summed E-state index contributed by atoms with van der Waals surface area (Å²) in [5, 5.41) is 3.52. The van der Waals surface area contributed by atoms with E-state index in [9.17, 15) is 4.79 Å². The molecule has 1 rings (SSSR count). The van der Waals surface area contributed by atoms with Crippen molar-refractivity contribution >= 4 is 5.91 Å². The van der Waals surface area contributed by atoms with Crippen molar-refractivity contribution in [3.8, 4) is 0 Å². The first-order chi connectivity index (χ1) is 8.27. The first-order valence-electron chi connectivity index (χ1n) is 6.86. The number of amides is 1. The van der Waals surface area contributed by atoms with Crippen molar-refractivity contribution in [1.29, 1.82) is 0 Å². The van der Waals surface area contributed by atoms with Gasteiger partial charge in [-0.1, -0.05) is 6.92 Å². The van der Waals surface area contributed by atoms with Crippen molar-refractivity contribution in [2.75, 3.05) is 32.8 Å². The zero-order valence-corrected chi connectivity index (χ0v) is 11.2. The Bertz CT molecular complexity index is 213. The van der Waals surface area contributed by atoms with Gasteiger partial charge in [-0.05, 0) is 32.7 Å².